The lowest BCUT2D eigenvalue weighted by Gasteiger charge is -2.14. The van der Waals surface area contributed by atoms with Crippen molar-refractivity contribution in [2.45, 2.75) is 31.9 Å². The third-order valence-electron chi connectivity index (χ3n) is 3.17. The molecule has 1 aromatic carbocycles. The first-order valence-corrected chi connectivity index (χ1v) is 6.12. The van der Waals surface area contributed by atoms with Crippen LogP contribution in [0.3, 0.4) is 0 Å². The van der Waals surface area contributed by atoms with E-state index in [4.69, 9.17) is 16.2 Å². The van der Waals surface area contributed by atoms with Crippen molar-refractivity contribution in [3.8, 4) is 5.75 Å². The number of hydrogen-bond donors (Lipinski definition) is 3. The number of urea groups is 1. The summed E-state index contributed by atoms with van der Waals surface area (Å²) in [5, 5.41) is 1.98. The molecule has 5 N–H and O–H groups in total. The quantitative estimate of drug-likeness (QED) is 0.741. The van der Waals surface area contributed by atoms with Crippen LogP contribution >= 0.6 is 0 Å². The third kappa shape index (κ3) is 3.03. The molecule has 0 aliphatic heterocycles. The second-order valence-electron chi connectivity index (χ2n) is 4.62. The van der Waals surface area contributed by atoms with Crippen molar-refractivity contribution in [2.75, 3.05) is 0 Å². The molecule has 0 saturated heterocycles. The number of carbonyl (C=O) groups is 2. The number of carbonyl (C=O) groups excluding carboxylic acids is 2. The zero-order valence-electron chi connectivity index (χ0n) is 10.7. The fraction of sp³-hybridized carbons (Fsp3) is 0.385. The van der Waals surface area contributed by atoms with E-state index in [0.717, 1.165) is 24.0 Å². The zero-order chi connectivity index (χ0) is 14.0. The number of imide groups is 1. The number of benzene rings is 1. The summed E-state index contributed by atoms with van der Waals surface area (Å²) in [6, 6.07) is 4.77. The Morgan fingerprint density at radius 3 is 2.89 bits per heavy atom. The van der Waals surface area contributed by atoms with E-state index in [1.807, 2.05) is 17.4 Å². The molecule has 0 heterocycles. The Labute approximate surface area is 111 Å². The summed E-state index contributed by atoms with van der Waals surface area (Å²) in [6.07, 6.45) is 1.05. The second-order valence-corrected chi connectivity index (χ2v) is 4.62. The molecule has 19 heavy (non-hydrogen) atoms. The Kier molecular flexibility index (Phi) is 3.71. The Morgan fingerprint density at radius 2 is 2.21 bits per heavy atom. The number of nitrogens with two attached hydrogens (primary N) is 2. The van der Waals surface area contributed by atoms with E-state index in [0.29, 0.717) is 5.75 Å². The van der Waals surface area contributed by atoms with Crippen LogP contribution in [0.1, 0.15) is 30.5 Å². The first-order chi connectivity index (χ1) is 8.97. The van der Waals surface area contributed by atoms with Gasteiger partial charge in [-0.3, -0.25) is 10.1 Å². The summed E-state index contributed by atoms with van der Waals surface area (Å²) in [7, 11) is 0. The largest absolute Gasteiger partial charge is 0.481 e. The molecule has 102 valence electrons. The van der Waals surface area contributed by atoms with Gasteiger partial charge < -0.3 is 16.2 Å². The Balaban J connectivity index is 2.04. The van der Waals surface area contributed by atoms with E-state index < -0.39 is 18.0 Å². The van der Waals surface area contributed by atoms with Gasteiger partial charge in [-0.1, -0.05) is 6.07 Å². The van der Waals surface area contributed by atoms with Crippen LogP contribution in [0.2, 0.25) is 0 Å². The number of fused-ring (bicyclic) bond motifs is 1. The van der Waals surface area contributed by atoms with Gasteiger partial charge in [-0.05, 0) is 43.0 Å². The van der Waals surface area contributed by atoms with Gasteiger partial charge in [-0.2, -0.15) is 0 Å². The molecule has 1 aliphatic rings. The molecular formula is C13H17N3O3. The van der Waals surface area contributed by atoms with Crippen molar-refractivity contribution in [3.63, 3.8) is 0 Å². The Bertz CT molecular complexity index is 516. The predicted molar refractivity (Wildman–Crippen MR) is 69.5 cm³/mol. The maximum absolute atomic E-state index is 11.5. The summed E-state index contributed by atoms with van der Waals surface area (Å²) >= 11 is 0. The molecule has 3 amide bonds. The van der Waals surface area contributed by atoms with Gasteiger partial charge >= 0.3 is 6.03 Å². The minimum absolute atomic E-state index is 0.0830. The third-order valence-corrected chi connectivity index (χ3v) is 3.17. The van der Waals surface area contributed by atoms with Crippen LogP contribution in [-0.2, 0) is 11.2 Å². The highest BCUT2D eigenvalue weighted by Gasteiger charge is 2.21. The van der Waals surface area contributed by atoms with E-state index in [1.54, 1.807) is 13.0 Å². The summed E-state index contributed by atoms with van der Waals surface area (Å²) in [5.74, 6) is 0.0182. The number of nitrogens with one attached hydrogen (secondary N) is 1. The van der Waals surface area contributed by atoms with Crippen LogP contribution in [0.4, 0.5) is 4.79 Å². The van der Waals surface area contributed by atoms with E-state index >= 15 is 0 Å². The molecule has 0 radical (unpaired) electrons. The number of rotatable bonds is 3. The molecule has 1 unspecified atom stereocenters. The van der Waals surface area contributed by atoms with Crippen LogP contribution < -0.4 is 21.5 Å². The van der Waals surface area contributed by atoms with E-state index in [-0.39, 0.29) is 6.04 Å². The molecule has 2 atom stereocenters. The summed E-state index contributed by atoms with van der Waals surface area (Å²) in [4.78, 5) is 22.1. The minimum Gasteiger partial charge on any atom is -0.481 e. The average molecular weight is 263 g/mol. The maximum atomic E-state index is 11.5. The van der Waals surface area contributed by atoms with Crippen LogP contribution in [0, 0.1) is 0 Å². The van der Waals surface area contributed by atoms with E-state index in [9.17, 15) is 9.59 Å². The van der Waals surface area contributed by atoms with E-state index in [2.05, 4.69) is 0 Å². The molecule has 6 nitrogen and oxygen atoms in total. The van der Waals surface area contributed by atoms with Gasteiger partial charge in [-0.25, -0.2) is 4.79 Å². The fourth-order valence-corrected chi connectivity index (χ4v) is 2.18. The van der Waals surface area contributed by atoms with Gasteiger partial charge in [0.15, 0.2) is 6.10 Å². The molecule has 1 aromatic rings. The van der Waals surface area contributed by atoms with Crippen molar-refractivity contribution >= 4 is 11.9 Å². The first-order valence-electron chi connectivity index (χ1n) is 6.12. The van der Waals surface area contributed by atoms with Crippen LogP contribution in [-0.4, -0.2) is 18.0 Å². The second kappa shape index (κ2) is 5.27. The first kappa shape index (κ1) is 13.4. The summed E-state index contributed by atoms with van der Waals surface area (Å²) in [6.45, 7) is 1.55. The number of hydrogen-bond acceptors (Lipinski definition) is 4. The van der Waals surface area contributed by atoms with Crippen LogP contribution in [0.5, 0.6) is 5.75 Å². The lowest BCUT2D eigenvalue weighted by atomic mass is 10.1. The zero-order valence-corrected chi connectivity index (χ0v) is 10.7. The Morgan fingerprint density at radius 1 is 1.47 bits per heavy atom. The van der Waals surface area contributed by atoms with Gasteiger partial charge in [0.25, 0.3) is 5.91 Å². The number of amides is 3. The average Bonchev–Trinajstić information content (AvgIpc) is 2.70. The molecule has 0 aromatic heterocycles. The Hall–Kier alpha value is -2.08. The number of aryl methyl sites for hydroxylation is 1. The molecule has 2 rings (SSSR count). The van der Waals surface area contributed by atoms with Crippen molar-refractivity contribution in [1.82, 2.24) is 5.32 Å². The van der Waals surface area contributed by atoms with Gasteiger partial charge in [0.2, 0.25) is 0 Å². The predicted octanol–water partition coefficient (Wildman–Crippen LogP) is 0.595. The SMILES string of the molecule is CC(Oc1ccc2c(c1)CC[C@H]2N)C(=O)NC(N)=O. The molecule has 0 fully saturated rings. The lowest BCUT2D eigenvalue weighted by molar-refractivity contribution is -0.126. The standard InChI is InChI=1S/C13H17N3O3/c1-7(12(17)16-13(15)18)19-9-3-4-10-8(6-9)2-5-11(10)14/h3-4,6-7,11H,2,5,14H2,1H3,(H3,15,16,17,18)/t7?,11-/m1/s1. The smallest absolute Gasteiger partial charge is 0.318 e. The van der Waals surface area contributed by atoms with Gasteiger partial charge in [0.1, 0.15) is 5.75 Å². The molecule has 0 saturated carbocycles. The summed E-state index contributed by atoms with van der Waals surface area (Å²) in [5.41, 5.74) is 13.1. The van der Waals surface area contributed by atoms with Crippen LogP contribution in [0.15, 0.2) is 18.2 Å². The van der Waals surface area contributed by atoms with Crippen LogP contribution in [0.25, 0.3) is 0 Å². The van der Waals surface area contributed by atoms with E-state index in [1.165, 1.54) is 0 Å². The van der Waals surface area contributed by atoms with Gasteiger partial charge in [0, 0.05) is 6.04 Å². The molecule has 6 heteroatoms. The number of ether oxygens (including phenoxy) is 1. The topological polar surface area (TPSA) is 107 Å². The fourth-order valence-electron chi connectivity index (χ4n) is 2.18. The summed E-state index contributed by atoms with van der Waals surface area (Å²) < 4.78 is 5.48. The maximum Gasteiger partial charge on any atom is 0.318 e. The van der Waals surface area contributed by atoms with Crippen molar-refractivity contribution in [3.05, 3.63) is 29.3 Å². The molecule has 0 bridgehead atoms. The molecule has 1 aliphatic carbocycles. The monoisotopic (exact) mass is 263 g/mol. The van der Waals surface area contributed by atoms with Gasteiger partial charge in [0.05, 0.1) is 0 Å². The van der Waals surface area contributed by atoms with Gasteiger partial charge in [-0.15, -0.1) is 0 Å². The minimum atomic E-state index is -0.889. The molecular weight excluding hydrogens is 246 g/mol. The van der Waals surface area contributed by atoms with Crippen molar-refractivity contribution in [2.24, 2.45) is 11.5 Å². The van der Waals surface area contributed by atoms with Crippen molar-refractivity contribution < 1.29 is 14.3 Å². The normalized spacial score (nSPS) is 18.5. The highest BCUT2D eigenvalue weighted by atomic mass is 16.5. The highest BCUT2D eigenvalue weighted by Crippen LogP contribution is 2.32. The molecule has 0 spiro atoms. The number of primary amides is 1. The lowest BCUT2D eigenvalue weighted by Crippen LogP contribution is -2.42. The van der Waals surface area contributed by atoms with Crippen molar-refractivity contribution in [1.29, 1.82) is 0 Å². The highest BCUT2D eigenvalue weighted by molar-refractivity contribution is 5.95.